The third kappa shape index (κ3) is 1.92. The zero-order chi connectivity index (χ0) is 14.4. The molecule has 7 nitrogen and oxygen atoms in total. The molecule has 2 heterocycles. The van der Waals surface area contributed by atoms with Crippen LogP contribution in [0.3, 0.4) is 0 Å². The molecule has 0 amide bonds. The molecule has 0 spiro atoms. The van der Waals surface area contributed by atoms with Crippen LogP contribution >= 0.6 is 0 Å². The summed E-state index contributed by atoms with van der Waals surface area (Å²) in [7, 11) is 0. The molecular formula is C11H16FN3O4. The summed E-state index contributed by atoms with van der Waals surface area (Å²) in [5.74, 6) is -0.174. The number of hydrogen-bond donors (Lipinski definition) is 4. The average molecular weight is 273 g/mol. The molecule has 1 fully saturated rings. The lowest BCUT2D eigenvalue weighted by molar-refractivity contribution is -0.0889. The third-order valence-corrected chi connectivity index (χ3v) is 3.73. The van der Waals surface area contributed by atoms with E-state index in [2.05, 4.69) is 9.97 Å². The Morgan fingerprint density at radius 2 is 2.26 bits per heavy atom. The summed E-state index contributed by atoms with van der Waals surface area (Å²) in [5.41, 5.74) is 0.946. The number of halogens is 1. The molecule has 1 aromatic heterocycles. The minimum absolute atomic E-state index is 0.126. The molecule has 1 aromatic rings. The van der Waals surface area contributed by atoms with Crippen LogP contribution in [-0.2, 0) is 4.74 Å². The number of H-pyrrole nitrogens is 1. The lowest BCUT2D eigenvalue weighted by atomic mass is 9.81. The molecule has 4 atom stereocenters. The van der Waals surface area contributed by atoms with E-state index in [1.807, 2.05) is 0 Å². The quantitative estimate of drug-likeness (QED) is 0.563. The zero-order valence-corrected chi connectivity index (χ0v) is 10.6. The van der Waals surface area contributed by atoms with Gasteiger partial charge in [-0.05, 0) is 13.8 Å². The summed E-state index contributed by atoms with van der Waals surface area (Å²) in [4.78, 5) is 16.7. The van der Waals surface area contributed by atoms with Crippen LogP contribution in [0.2, 0.25) is 0 Å². The van der Waals surface area contributed by atoms with Crippen molar-refractivity contribution in [2.75, 3.05) is 12.3 Å². The molecule has 19 heavy (non-hydrogen) atoms. The van der Waals surface area contributed by atoms with E-state index in [9.17, 15) is 14.3 Å². The summed E-state index contributed by atoms with van der Waals surface area (Å²) in [6, 6.07) is 0. The van der Waals surface area contributed by atoms with Gasteiger partial charge in [0.1, 0.15) is 23.6 Å². The van der Waals surface area contributed by atoms with Crippen LogP contribution in [0.1, 0.15) is 25.5 Å². The van der Waals surface area contributed by atoms with Gasteiger partial charge in [-0.25, -0.2) is 9.18 Å². The number of ether oxygens (including phenoxy) is 1. The number of nitrogen functional groups attached to an aromatic ring is 1. The summed E-state index contributed by atoms with van der Waals surface area (Å²) in [6.45, 7) is 1.85. The molecule has 2 rings (SSSR count). The lowest BCUT2D eigenvalue weighted by Gasteiger charge is -2.32. The van der Waals surface area contributed by atoms with Crippen LogP contribution in [0.25, 0.3) is 0 Å². The van der Waals surface area contributed by atoms with Crippen molar-refractivity contribution >= 4 is 5.82 Å². The molecule has 8 heteroatoms. The Bertz CT molecular complexity index is 543. The fourth-order valence-electron chi connectivity index (χ4n) is 2.22. The van der Waals surface area contributed by atoms with Gasteiger partial charge in [-0.15, -0.1) is 0 Å². The van der Waals surface area contributed by atoms with E-state index in [1.165, 1.54) is 13.1 Å². The first-order valence-electron chi connectivity index (χ1n) is 5.74. The minimum atomic E-state index is -2.20. The van der Waals surface area contributed by atoms with Crippen molar-refractivity contribution in [2.24, 2.45) is 0 Å². The summed E-state index contributed by atoms with van der Waals surface area (Å²) >= 11 is 0. The molecular weight excluding hydrogens is 257 g/mol. The number of aliphatic hydroxyl groups is 2. The zero-order valence-electron chi connectivity index (χ0n) is 10.6. The Labute approximate surface area is 108 Å². The van der Waals surface area contributed by atoms with Crippen molar-refractivity contribution in [1.29, 1.82) is 0 Å². The van der Waals surface area contributed by atoms with Crippen molar-refractivity contribution in [3.8, 4) is 0 Å². The number of anilines is 1. The van der Waals surface area contributed by atoms with Crippen LogP contribution < -0.4 is 11.4 Å². The monoisotopic (exact) mass is 273 g/mol. The van der Waals surface area contributed by atoms with E-state index in [4.69, 9.17) is 15.6 Å². The minimum Gasteiger partial charge on any atom is -0.394 e. The maximum atomic E-state index is 14.8. The highest BCUT2D eigenvalue weighted by Crippen LogP contribution is 2.50. The third-order valence-electron chi connectivity index (χ3n) is 3.73. The molecule has 0 aromatic carbocycles. The molecule has 1 saturated heterocycles. The Balaban J connectivity index is 2.49. The number of aromatic amines is 1. The van der Waals surface area contributed by atoms with E-state index < -0.39 is 35.8 Å². The molecule has 0 aliphatic carbocycles. The van der Waals surface area contributed by atoms with Gasteiger partial charge in [0.05, 0.1) is 6.61 Å². The second-order valence-corrected chi connectivity index (χ2v) is 4.96. The average Bonchev–Trinajstić information content (AvgIpc) is 2.47. The maximum Gasteiger partial charge on any atom is 0.346 e. The number of aromatic nitrogens is 2. The summed E-state index contributed by atoms with van der Waals surface area (Å²) in [6.07, 6.45) is -1.13. The van der Waals surface area contributed by atoms with Gasteiger partial charge in [0.25, 0.3) is 0 Å². The predicted molar refractivity (Wildman–Crippen MR) is 64.1 cm³/mol. The van der Waals surface area contributed by atoms with Crippen LogP contribution in [-0.4, -0.2) is 44.2 Å². The van der Waals surface area contributed by atoms with E-state index in [-0.39, 0.29) is 11.4 Å². The van der Waals surface area contributed by atoms with Crippen LogP contribution in [0, 0.1) is 0 Å². The van der Waals surface area contributed by atoms with E-state index in [1.54, 1.807) is 0 Å². The molecule has 0 radical (unpaired) electrons. The van der Waals surface area contributed by atoms with Gasteiger partial charge in [0.2, 0.25) is 0 Å². The Kier molecular flexibility index (Phi) is 3.12. The SMILES string of the molecule is C[C@]1(F)[C@@H](c2c[nH]c(=O)nc2N)O[C@H](CO)[C@@]1(C)O. The largest absolute Gasteiger partial charge is 0.394 e. The van der Waals surface area contributed by atoms with Gasteiger partial charge >= 0.3 is 5.69 Å². The van der Waals surface area contributed by atoms with Gasteiger partial charge in [-0.3, -0.25) is 0 Å². The molecule has 1 aliphatic heterocycles. The van der Waals surface area contributed by atoms with Gasteiger partial charge in [-0.1, -0.05) is 0 Å². The Morgan fingerprint density at radius 3 is 2.74 bits per heavy atom. The smallest absolute Gasteiger partial charge is 0.346 e. The van der Waals surface area contributed by atoms with Crippen molar-refractivity contribution in [3.63, 3.8) is 0 Å². The Hall–Kier alpha value is -1.51. The molecule has 1 aliphatic rings. The number of nitrogens with zero attached hydrogens (tertiary/aromatic N) is 1. The Morgan fingerprint density at radius 1 is 1.63 bits per heavy atom. The fraction of sp³-hybridized carbons (Fsp3) is 0.636. The van der Waals surface area contributed by atoms with E-state index in [0.717, 1.165) is 6.92 Å². The highest BCUT2D eigenvalue weighted by molar-refractivity contribution is 5.41. The standard InChI is InChI=1S/C11H16FN3O4/c1-10(12)7(19-6(4-16)11(10,2)18)5-3-14-9(17)15-8(5)13/h3,6-7,16,18H,4H2,1-2H3,(H3,13,14,15,17)/t6-,7-,10+,11-/m1/s1. The number of hydrogen-bond acceptors (Lipinski definition) is 6. The fourth-order valence-corrected chi connectivity index (χ4v) is 2.22. The highest BCUT2D eigenvalue weighted by atomic mass is 19.1. The number of nitrogens with two attached hydrogens (primary N) is 1. The summed E-state index contributed by atoms with van der Waals surface area (Å²) in [5, 5.41) is 19.3. The van der Waals surface area contributed by atoms with Gasteiger partial charge in [-0.2, -0.15) is 4.98 Å². The van der Waals surface area contributed by atoms with Crippen LogP contribution in [0.5, 0.6) is 0 Å². The lowest BCUT2D eigenvalue weighted by Crippen LogP contribution is -2.51. The molecule has 5 N–H and O–H groups in total. The predicted octanol–water partition coefficient (Wildman–Crippen LogP) is -0.736. The second-order valence-electron chi connectivity index (χ2n) is 4.96. The molecule has 0 saturated carbocycles. The maximum absolute atomic E-state index is 14.8. The highest BCUT2D eigenvalue weighted by Gasteiger charge is 2.62. The molecule has 0 unspecified atom stereocenters. The van der Waals surface area contributed by atoms with Gasteiger partial charge < -0.3 is 25.7 Å². The number of rotatable bonds is 2. The van der Waals surface area contributed by atoms with Crippen molar-refractivity contribution in [1.82, 2.24) is 9.97 Å². The second kappa shape index (κ2) is 4.26. The van der Waals surface area contributed by atoms with Gasteiger partial charge in [0.15, 0.2) is 5.67 Å². The molecule has 0 bridgehead atoms. The number of aliphatic hydroxyl groups excluding tert-OH is 1. The van der Waals surface area contributed by atoms with E-state index >= 15 is 0 Å². The summed E-state index contributed by atoms with van der Waals surface area (Å²) < 4.78 is 20.1. The first kappa shape index (κ1) is 13.9. The van der Waals surface area contributed by atoms with Gasteiger partial charge in [0, 0.05) is 11.8 Å². The van der Waals surface area contributed by atoms with Crippen LogP contribution in [0.4, 0.5) is 10.2 Å². The van der Waals surface area contributed by atoms with Crippen molar-refractivity contribution in [3.05, 3.63) is 22.2 Å². The first-order valence-corrected chi connectivity index (χ1v) is 5.74. The van der Waals surface area contributed by atoms with Crippen molar-refractivity contribution < 1.29 is 19.3 Å². The normalized spacial score (nSPS) is 38.6. The van der Waals surface area contributed by atoms with Crippen molar-refractivity contribution in [2.45, 2.75) is 37.3 Å². The number of alkyl halides is 1. The first-order chi connectivity index (χ1) is 8.71. The molecule has 106 valence electrons. The topological polar surface area (TPSA) is 121 Å². The van der Waals surface area contributed by atoms with Crippen LogP contribution in [0.15, 0.2) is 11.0 Å². The van der Waals surface area contributed by atoms with E-state index in [0.29, 0.717) is 0 Å². The number of nitrogens with one attached hydrogen (secondary N) is 1.